The van der Waals surface area contributed by atoms with Crippen molar-refractivity contribution in [3.63, 3.8) is 0 Å². The zero-order valence-electron chi connectivity index (χ0n) is 6.26. The minimum absolute atomic E-state index is 0.0289. The number of rotatable bonds is 3. The summed E-state index contributed by atoms with van der Waals surface area (Å²) in [5, 5.41) is 0. The first kappa shape index (κ1) is 10.0. The second-order valence-electron chi connectivity index (χ2n) is 2.14. The molecule has 0 aliphatic rings. The minimum Gasteiger partial charge on any atom is -0.231 e. The lowest BCUT2D eigenvalue weighted by atomic mass is 10.9. The summed E-state index contributed by atoms with van der Waals surface area (Å²) >= 11 is 8.81. The van der Waals surface area contributed by atoms with E-state index in [9.17, 15) is 0 Å². The van der Waals surface area contributed by atoms with Crippen LogP contribution in [-0.2, 0) is 0 Å². The van der Waals surface area contributed by atoms with Gasteiger partial charge in [-0.05, 0) is 18.4 Å². The molecule has 0 fully saturated rings. The van der Waals surface area contributed by atoms with Crippen LogP contribution in [0.3, 0.4) is 0 Å². The van der Waals surface area contributed by atoms with Crippen molar-refractivity contribution in [1.82, 2.24) is 0 Å². The molecule has 0 spiro atoms. The van der Waals surface area contributed by atoms with Crippen molar-refractivity contribution in [2.24, 2.45) is 0 Å². The molecule has 0 heterocycles. The zero-order chi connectivity index (χ0) is 7.49. The van der Waals surface area contributed by atoms with E-state index in [0.29, 0.717) is 0 Å². The molecule has 0 N–H and O–H groups in total. The smallest absolute Gasteiger partial charge is 0.0806 e. The van der Waals surface area contributed by atoms with Crippen molar-refractivity contribution >= 4 is 36.2 Å². The van der Waals surface area contributed by atoms with E-state index in [4.69, 9.17) is 0 Å². The molecule has 0 rings (SSSR count). The van der Waals surface area contributed by atoms with E-state index in [-0.39, 0.29) is 14.3 Å². The SMILES string of the molecule is CC[SH](CC)C(C)(S)S. The lowest BCUT2D eigenvalue weighted by Gasteiger charge is -2.30. The van der Waals surface area contributed by atoms with Crippen LogP contribution in [0.5, 0.6) is 0 Å². The second-order valence-corrected chi connectivity index (χ2v) is 8.23. The highest BCUT2D eigenvalue weighted by atomic mass is 32.3. The standard InChI is InChI=1S/C6H16S3/c1-4-9(5-2)6(3,7)8/h7-9H,4-5H2,1-3H3. The fourth-order valence-corrected chi connectivity index (χ4v) is 4.17. The van der Waals surface area contributed by atoms with Crippen molar-refractivity contribution in [1.29, 1.82) is 0 Å². The number of thiol groups is 3. The third-order valence-corrected chi connectivity index (χ3v) is 5.78. The van der Waals surface area contributed by atoms with Crippen LogP contribution in [0, 0.1) is 0 Å². The van der Waals surface area contributed by atoms with Gasteiger partial charge in [0.15, 0.2) is 0 Å². The van der Waals surface area contributed by atoms with Gasteiger partial charge in [-0.1, -0.05) is 13.8 Å². The van der Waals surface area contributed by atoms with E-state index in [1.807, 2.05) is 0 Å². The van der Waals surface area contributed by atoms with Gasteiger partial charge in [-0.25, -0.2) is 10.9 Å². The number of hydrogen-bond acceptors (Lipinski definition) is 2. The van der Waals surface area contributed by atoms with Gasteiger partial charge in [0.25, 0.3) is 0 Å². The third kappa shape index (κ3) is 3.68. The summed E-state index contributed by atoms with van der Waals surface area (Å²) in [6.07, 6.45) is 0. The highest BCUT2D eigenvalue weighted by Gasteiger charge is 2.18. The highest BCUT2D eigenvalue weighted by Crippen LogP contribution is 2.45. The predicted molar refractivity (Wildman–Crippen MR) is 56.4 cm³/mol. The van der Waals surface area contributed by atoms with Crippen LogP contribution >= 0.6 is 36.2 Å². The fourth-order valence-electron chi connectivity index (χ4n) is 0.823. The molecular formula is C6H16S3. The summed E-state index contributed by atoms with van der Waals surface area (Å²) < 4.78 is -0.0289. The van der Waals surface area contributed by atoms with E-state index < -0.39 is 0 Å². The Morgan fingerprint density at radius 3 is 1.56 bits per heavy atom. The Bertz CT molecular complexity index is 70.9. The molecule has 0 radical (unpaired) electrons. The molecule has 58 valence electrons. The maximum absolute atomic E-state index is 4.40. The lowest BCUT2D eigenvalue weighted by molar-refractivity contribution is 1.28. The summed E-state index contributed by atoms with van der Waals surface area (Å²) in [5.41, 5.74) is 0. The molecule has 0 aromatic heterocycles. The Labute approximate surface area is 72.0 Å². The van der Waals surface area contributed by atoms with E-state index in [2.05, 4.69) is 46.0 Å². The Morgan fingerprint density at radius 1 is 1.22 bits per heavy atom. The van der Waals surface area contributed by atoms with Crippen molar-refractivity contribution in [3.05, 3.63) is 0 Å². The molecule has 0 aromatic carbocycles. The third-order valence-electron chi connectivity index (χ3n) is 1.36. The average Bonchev–Trinajstić information content (AvgIpc) is 1.65. The Morgan fingerprint density at radius 2 is 1.56 bits per heavy atom. The second kappa shape index (κ2) is 4.04. The maximum atomic E-state index is 4.40. The van der Waals surface area contributed by atoms with Crippen LogP contribution in [0.4, 0.5) is 0 Å². The Hall–Kier alpha value is 1.05. The van der Waals surface area contributed by atoms with Crippen LogP contribution in [0.1, 0.15) is 20.8 Å². The first-order valence-electron chi connectivity index (χ1n) is 3.22. The van der Waals surface area contributed by atoms with Gasteiger partial charge in [-0.3, -0.25) is 0 Å². The zero-order valence-corrected chi connectivity index (χ0v) is 8.94. The molecule has 0 aromatic rings. The Kier molecular flexibility index (Phi) is 4.51. The molecule has 9 heavy (non-hydrogen) atoms. The van der Waals surface area contributed by atoms with Crippen molar-refractivity contribution in [3.8, 4) is 0 Å². The first-order valence-corrected chi connectivity index (χ1v) is 5.82. The van der Waals surface area contributed by atoms with E-state index in [0.717, 1.165) is 0 Å². The summed E-state index contributed by atoms with van der Waals surface area (Å²) in [7, 11) is 0.0311. The van der Waals surface area contributed by atoms with Crippen LogP contribution in [0.15, 0.2) is 0 Å². The quantitative estimate of drug-likeness (QED) is 0.436. The van der Waals surface area contributed by atoms with Gasteiger partial charge in [0.1, 0.15) is 0 Å². The lowest BCUT2D eigenvalue weighted by Crippen LogP contribution is -2.10. The van der Waals surface area contributed by atoms with E-state index in [1.165, 1.54) is 11.5 Å². The monoisotopic (exact) mass is 184 g/mol. The first-order chi connectivity index (χ1) is 4.02. The summed E-state index contributed by atoms with van der Waals surface area (Å²) in [6, 6.07) is 0. The van der Waals surface area contributed by atoms with Gasteiger partial charge in [0.05, 0.1) is 3.41 Å². The van der Waals surface area contributed by atoms with Gasteiger partial charge in [0, 0.05) is 0 Å². The Balaban J connectivity index is 3.79. The van der Waals surface area contributed by atoms with E-state index in [1.54, 1.807) is 0 Å². The molecule has 0 saturated heterocycles. The van der Waals surface area contributed by atoms with E-state index >= 15 is 0 Å². The molecule has 0 bridgehead atoms. The molecule has 3 heteroatoms. The van der Waals surface area contributed by atoms with Gasteiger partial charge in [0.2, 0.25) is 0 Å². The predicted octanol–water partition coefficient (Wildman–Crippen LogP) is 2.56. The molecule has 0 nitrogen and oxygen atoms in total. The summed E-state index contributed by atoms with van der Waals surface area (Å²) in [6.45, 7) is 6.50. The molecule has 0 atom stereocenters. The molecule has 0 saturated carbocycles. The van der Waals surface area contributed by atoms with Crippen molar-refractivity contribution in [2.45, 2.75) is 24.2 Å². The largest absolute Gasteiger partial charge is 0.231 e. The summed E-state index contributed by atoms with van der Waals surface area (Å²) in [5.74, 6) is 2.46. The van der Waals surface area contributed by atoms with Gasteiger partial charge in [-0.15, -0.1) is 0 Å². The van der Waals surface area contributed by atoms with Crippen LogP contribution in [-0.4, -0.2) is 14.9 Å². The molecule has 0 aliphatic heterocycles. The van der Waals surface area contributed by atoms with Gasteiger partial charge < -0.3 is 0 Å². The van der Waals surface area contributed by atoms with Crippen molar-refractivity contribution < 1.29 is 0 Å². The van der Waals surface area contributed by atoms with Gasteiger partial charge >= 0.3 is 0 Å². The molecule has 0 aliphatic carbocycles. The molecular weight excluding hydrogens is 168 g/mol. The highest BCUT2D eigenvalue weighted by molar-refractivity contribution is 8.33. The fraction of sp³-hybridized carbons (Fsp3) is 1.00. The van der Waals surface area contributed by atoms with Gasteiger partial charge in [-0.2, -0.15) is 25.3 Å². The molecule has 0 amide bonds. The number of hydrogen-bond donors (Lipinski definition) is 3. The average molecular weight is 184 g/mol. The summed E-state index contributed by atoms with van der Waals surface area (Å²) in [4.78, 5) is 0. The van der Waals surface area contributed by atoms with Crippen LogP contribution in [0.25, 0.3) is 0 Å². The molecule has 0 unspecified atom stereocenters. The van der Waals surface area contributed by atoms with Crippen LogP contribution < -0.4 is 0 Å². The van der Waals surface area contributed by atoms with Crippen LogP contribution in [0.2, 0.25) is 0 Å². The van der Waals surface area contributed by atoms with Crippen molar-refractivity contribution in [2.75, 3.05) is 11.5 Å². The maximum Gasteiger partial charge on any atom is 0.0806 e. The minimum atomic E-state index is -0.0289. The normalized spacial score (nSPS) is 13.7. The topological polar surface area (TPSA) is 0 Å².